The van der Waals surface area contributed by atoms with Gasteiger partial charge in [-0.25, -0.2) is 4.79 Å². The van der Waals surface area contributed by atoms with Gasteiger partial charge in [0.2, 0.25) is 0 Å². The number of imide groups is 1. The molecule has 1 saturated heterocycles. The third-order valence-electron chi connectivity index (χ3n) is 3.71. The van der Waals surface area contributed by atoms with Crippen LogP contribution in [0.2, 0.25) is 0 Å². The molecule has 4 heteroatoms. The number of nitrogens with one attached hydrogen (secondary N) is 2. The first-order valence-corrected chi connectivity index (χ1v) is 7.05. The number of hydrogen-bond donors (Lipinski definition) is 2. The lowest BCUT2D eigenvalue weighted by molar-refractivity contribution is -0.115. The maximum absolute atomic E-state index is 11.6. The average molecular weight is 292 g/mol. The molecule has 0 radical (unpaired) electrons. The van der Waals surface area contributed by atoms with Crippen LogP contribution >= 0.6 is 0 Å². The van der Waals surface area contributed by atoms with Gasteiger partial charge in [-0.2, -0.15) is 0 Å². The number of rotatable bonds is 2. The topological polar surface area (TPSA) is 58.2 Å². The summed E-state index contributed by atoms with van der Waals surface area (Å²) in [6.45, 7) is 4.00. The summed E-state index contributed by atoms with van der Waals surface area (Å²) in [5.41, 5.74) is 5.63. The predicted octanol–water partition coefficient (Wildman–Crippen LogP) is 3.15. The van der Waals surface area contributed by atoms with E-state index in [0.29, 0.717) is 0 Å². The Hall–Kier alpha value is -2.88. The van der Waals surface area contributed by atoms with Gasteiger partial charge in [0.25, 0.3) is 5.91 Å². The van der Waals surface area contributed by atoms with Gasteiger partial charge in [-0.05, 0) is 47.7 Å². The molecule has 0 saturated carbocycles. The fourth-order valence-corrected chi connectivity index (χ4v) is 2.63. The molecule has 0 atom stereocenters. The Kier molecular flexibility index (Phi) is 3.51. The maximum atomic E-state index is 11.6. The van der Waals surface area contributed by atoms with Crippen LogP contribution in [0, 0.1) is 13.8 Å². The number of amides is 3. The van der Waals surface area contributed by atoms with Crippen LogP contribution in [-0.4, -0.2) is 11.9 Å². The lowest BCUT2D eigenvalue weighted by Gasteiger charge is -2.10. The summed E-state index contributed by atoms with van der Waals surface area (Å²) < 4.78 is 0. The van der Waals surface area contributed by atoms with Gasteiger partial charge in [-0.3, -0.25) is 10.1 Å². The first-order valence-electron chi connectivity index (χ1n) is 7.05. The van der Waals surface area contributed by atoms with E-state index in [1.807, 2.05) is 32.0 Å². The van der Waals surface area contributed by atoms with Crippen molar-refractivity contribution >= 4 is 18.0 Å². The van der Waals surface area contributed by atoms with Crippen LogP contribution in [0.3, 0.4) is 0 Å². The number of carbonyl (C=O) groups excluding carboxylic acids is 2. The largest absolute Gasteiger partial charge is 0.326 e. The highest BCUT2D eigenvalue weighted by Gasteiger charge is 2.23. The van der Waals surface area contributed by atoms with Crippen molar-refractivity contribution in [1.29, 1.82) is 0 Å². The van der Waals surface area contributed by atoms with Crippen molar-refractivity contribution < 1.29 is 9.59 Å². The summed E-state index contributed by atoms with van der Waals surface area (Å²) in [5.74, 6) is -0.393. The van der Waals surface area contributed by atoms with E-state index in [9.17, 15) is 9.59 Å². The molecule has 1 aliphatic rings. The van der Waals surface area contributed by atoms with Crippen molar-refractivity contribution in [1.82, 2.24) is 10.6 Å². The minimum atomic E-state index is -0.479. The first-order chi connectivity index (χ1) is 10.5. The SMILES string of the molecule is Cc1cc(-c2ccccc2)cc(C)c1/C=C1\NC(=O)NC1=O. The molecular formula is C18H16N2O2. The summed E-state index contributed by atoms with van der Waals surface area (Å²) in [6.07, 6.45) is 1.72. The van der Waals surface area contributed by atoms with Crippen LogP contribution in [0.4, 0.5) is 4.79 Å². The van der Waals surface area contributed by atoms with E-state index in [4.69, 9.17) is 0 Å². The van der Waals surface area contributed by atoms with E-state index in [0.717, 1.165) is 27.8 Å². The quantitative estimate of drug-likeness (QED) is 0.660. The Labute approximate surface area is 128 Å². The lowest BCUT2D eigenvalue weighted by atomic mass is 9.95. The number of hydrogen-bond acceptors (Lipinski definition) is 2. The van der Waals surface area contributed by atoms with Crippen LogP contribution in [0.5, 0.6) is 0 Å². The second-order valence-electron chi connectivity index (χ2n) is 5.36. The molecule has 0 bridgehead atoms. The highest BCUT2D eigenvalue weighted by atomic mass is 16.2. The van der Waals surface area contributed by atoms with E-state index >= 15 is 0 Å². The number of benzene rings is 2. The molecule has 0 spiro atoms. The van der Waals surface area contributed by atoms with Gasteiger partial charge in [-0.1, -0.05) is 42.5 Å². The number of aryl methyl sites for hydroxylation is 2. The molecule has 0 unspecified atom stereocenters. The zero-order valence-electron chi connectivity index (χ0n) is 12.4. The van der Waals surface area contributed by atoms with Crippen molar-refractivity contribution in [3.63, 3.8) is 0 Å². The average Bonchev–Trinajstić information content (AvgIpc) is 2.81. The van der Waals surface area contributed by atoms with E-state index in [2.05, 4.69) is 34.9 Å². The van der Waals surface area contributed by atoms with Crippen LogP contribution in [-0.2, 0) is 4.79 Å². The zero-order valence-corrected chi connectivity index (χ0v) is 12.4. The number of carbonyl (C=O) groups is 2. The van der Waals surface area contributed by atoms with E-state index in [-0.39, 0.29) is 5.70 Å². The molecule has 110 valence electrons. The third-order valence-corrected chi connectivity index (χ3v) is 3.71. The standard InChI is InChI=1S/C18H16N2O2/c1-11-8-14(13-6-4-3-5-7-13)9-12(2)15(11)10-16-17(21)20-18(22)19-16/h3-10H,1-2H3,(H2,19,20,21,22)/b16-10-. The van der Waals surface area contributed by atoms with Gasteiger partial charge in [-0.15, -0.1) is 0 Å². The molecule has 4 nitrogen and oxygen atoms in total. The van der Waals surface area contributed by atoms with Crippen molar-refractivity contribution in [2.24, 2.45) is 0 Å². The number of urea groups is 1. The summed E-state index contributed by atoms with van der Waals surface area (Å²) in [4.78, 5) is 22.8. The van der Waals surface area contributed by atoms with Crippen molar-refractivity contribution in [2.45, 2.75) is 13.8 Å². The van der Waals surface area contributed by atoms with Gasteiger partial charge in [0.05, 0.1) is 0 Å². The van der Waals surface area contributed by atoms with Crippen LogP contribution in [0.1, 0.15) is 16.7 Å². The summed E-state index contributed by atoms with van der Waals surface area (Å²) in [7, 11) is 0. The fourth-order valence-electron chi connectivity index (χ4n) is 2.63. The van der Waals surface area contributed by atoms with Gasteiger partial charge in [0, 0.05) is 0 Å². The summed E-state index contributed by atoms with van der Waals surface area (Å²) >= 11 is 0. The molecule has 0 aliphatic carbocycles. The van der Waals surface area contributed by atoms with Gasteiger partial charge in [0.15, 0.2) is 0 Å². The fraction of sp³-hybridized carbons (Fsp3) is 0.111. The molecule has 2 N–H and O–H groups in total. The summed E-state index contributed by atoms with van der Waals surface area (Å²) in [6, 6.07) is 13.8. The normalized spacial score (nSPS) is 15.8. The van der Waals surface area contributed by atoms with E-state index in [1.165, 1.54) is 0 Å². The Morgan fingerprint density at radius 1 is 0.864 bits per heavy atom. The van der Waals surface area contributed by atoms with E-state index < -0.39 is 11.9 Å². The molecule has 3 amide bonds. The second kappa shape index (κ2) is 5.48. The highest BCUT2D eigenvalue weighted by Crippen LogP contribution is 2.26. The molecule has 1 heterocycles. The molecule has 22 heavy (non-hydrogen) atoms. The molecule has 1 fully saturated rings. The second-order valence-corrected chi connectivity index (χ2v) is 5.36. The molecular weight excluding hydrogens is 276 g/mol. The van der Waals surface area contributed by atoms with Gasteiger partial charge >= 0.3 is 6.03 Å². The predicted molar refractivity (Wildman–Crippen MR) is 86.0 cm³/mol. The molecule has 3 rings (SSSR count). The Balaban J connectivity index is 2.03. The Morgan fingerprint density at radius 2 is 1.50 bits per heavy atom. The maximum Gasteiger partial charge on any atom is 0.326 e. The third kappa shape index (κ3) is 2.63. The van der Waals surface area contributed by atoms with Crippen molar-refractivity contribution in [3.8, 4) is 11.1 Å². The molecule has 2 aromatic carbocycles. The van der Waals surface area contributed by atoms with Crippen LogP contribution in [0.15, 0.2) is 48.2 Å². The molecule has 0 aromatic heterocycles. The van der Waals surface area contributed by atoms with Crippen LogP contribution < -0.4 is 10.6 Å². The Morgan fingerprint density at radius 3 is 2.05 bits per heavy atom. The summed E-state index contributed by atoms with van der Waals surface area (Å²) in [5, 5.41) is 4.72. The highest BCUT2D eigenvalue weighted by molar-refractivity contribution is 6.14. The monoisotopic (exact) mass is 292 g/mol. The smallest absolute Gasteiger partial charge is 0.303 e. The van der Waals surface area contributed by atoms with Crippen LogP contribution in [0.25, 0.3) is 17.2 Å². The zero-order chi connectivity index (χ0) is 15.7. The van der Waals surface area contributed by atoms with Crippen molar-refractivity contribution in [2.75, 3.05) is 0 Å². The first kappa shape index (κ1) is 14.1. The molecule has 1 aliphatic heterocycles. The molecule has 2 aromatic rings. The Bertz CT molecular complexity index is 769. The minimum Gasteiger partial charge on any atom is -0.303 e. The van der Waals surface area contributed by atoms with Crippen molar-refractivity contribution in [3.05, 3.63) is 64.9 Å². The minimum absolute atomic E-state index is 0.281. The van der Waals surface area contributed by atoms with E-state index in [1.54, 1.807) is 6.08 Å². The lowest BCUT2D eigenvalue weighted by Crippen LogP contribution is -2.22. The van der Waals surface area contributed by atoms with Gasteiger partial charge < -0.3 is 5.32 Å². The van der Waals surface area contributed by atoms with Gasteiger partial charge in [0.1, 0.15) is 5.70 Å².